The number of hydrogen-bond acceptors (Lipinski definition) is 3. The predicted molar refractivity (Wildman–Crippen MR) is 67.1 cm³/mol. The van der Waals surface area contributed by atoms with Crippen molar-refractivity contribution in [1.82, 2.24) is 0 Å². The van der Waals surface area contributed by atoms with Gasteiger partial charge in [0.2, 0.25) is 0 Å². The predicted octanol–water partition coefficient (Wildman–Crippen LogP) is 3.60. The topological polar surface area (TPSA) is 41.8 Å². The van der Waals surface area contributed by atoms with Crippen LogP contribution in [0, 0.1) is 6.92 Å². The monoisotopic (exact) mass is 227 g/mol. The summed E-state index contributed by atoms with van der Waals surface area (Å²) in [4.78, 5) is 0. The van der Waals surface area contributed by atoms with Crippen LogP contribution >= 0.6 is 0 Å². The summed E-state index contributed by atoms with van der Waals surface area (Å²) in [7, 11) is 0. The second kappa shape index (κ2) is 5.16. The molecule has 3 heteroatoms. The van der Waals surface area contributed by atoms with Crippen LogP contribution in [0.3, 0.4) is 0 Å². The Balaban J connectivity index is 2.17. The Morgan fingerprint density at radius 1 is 1.06 bits per heavy atom. The van der Waals surface area contributed by atoms with Crippen LogP contribution < -0.4 is 4.74 Å². The summed E-state index contributed by atoms with van der Waals surface area (Å²) in [6.07, 6.45) is 1.37. The van der Waals surface area contributed by atoms with E-state index in [4.69, 9.17) is 9.94 Å². The minimum absolute atomic E-state index is 0.759. The van der Waals surface area contributed by atoms with Crippen LogP contribution in [0.5, 0.6) is 11.5 Å². The molecule has 0 aliphatic rings. The molecule has 0 aliphatic carbocycles. The lowest BCUT2D eigenvalue weighted by atomic mass is 10.2. The van der Waals surface area contributed by atoms with Crippen LogP contribution in [0.4, 0.5) is 0 Å². The summed E-state index contributed by atoms with van der Waals surface area (Å²) in [6, 6.07) is 15.2. The molecule has 0 unspecified atom stereocenters. The van der Waals surface area contributed by atoms with Gasteiger partial charge in [0.25, 0.3) is 0 Å². The first-order chi connectivity index (χ1) is 8.29. The fraction of sp³-hybridized carbons (Fsp3) is 0.0714. The van der Waals surface area contributed by atoms with Crippen LogP contribution in [0.2, 0.25) is 0 Å². The van der Waals surface area contributed by atoms with Gasteiger partial charge in [-0.15, -0.1) is 0 Å². The molecule has 2 aromatic carbocycles. The van der Waals surface area contributed by atoms with Crippen molar-refractivity contribution in [3.8, 4) is 11.5 Å². The number of para-hydroxylation sites is 1. The van der Waals surface area contributed by atoms with Crippen LogP contribution in [-0.4, -0.2) is 11.4 Å². The first-order valence-corrected chi connectivity index (χ1v) is 5.30. The van der Waals surface area contributed by atoms with Crippen molar-refractivity contribution in [3.63, 3.8) is 0 Å². The zero-order valence-electron chi connectivity index (χ0n) is 9.50. The number of oxime groups is 1. The molecule has 2 aromatic rings. The molecule has 17 heavy (non-hydrogen) atoms. The molecule has 0 aromatic heterocycles. The molecule has 0 spiro atoms. The number of nitrogens with zero attached hydrogens (tertiary/aromatic N) is 1. The van der Waals surface area contributed by atoms with Crippen molar-refractivity contribution in [3.05, 3.63) is 59.7 Å². The van der Waals surface area contributed by atoms with Gasteiger partial charge >= 0.3 is 0 Å². The van der Waals surface area contributed by atoms with E-state index in [-0.39, 0.29) is 0 Å². The highest BCUT2D eigenvalue weighted by Crippen LogP contribution is 2.24. The smallest absolute Gasteiger partial charge is 0.130 e. The molecule has 2 rings (SSSR count). The van der Waals surface area contributed by atoms with Crippen molar-refractivity contribution in [2.45, 2.75) is 6.92 Å². The van der Waals surface area contributed by atoms with Gasteiger partial charge in [-0.3, -0.25) is 0 Å². The van der Waals surface area contributed by atoms with Gasteiger partial charge in [-0.25, -0.2) is 0 Å². The highest BCUT2D eigenvalue weighted by atomic mass is 16.5. The summed E-state index contributed by atoms with van der Waals surface area (Å²) in [6.45, 7) is 2.00. The highest BCUT2D eigenvalue weighted by Gasteiger charge is 1.99. The van der Waals surface area contributed by atoms with E-state index in [0.717, 1.165) is 22.6 Å². The van der Waals surface area contributed by atoms with E-state index in [1.54, 1.807) is 0 Å². The van der Waals surface area contributed by atoms with Gasteiger partial charge in [0.1, 0.15) is 11.5 Å². The van der Waals surface area contributed by atoms with Gasteiger partial charge in [-0.1, -0.05) is 23.4 Å². The van der Waals surface area contributed by atoms with E-state index in [0.29, 0.717) is 0 Å². The van der Waals surface area contributed by atoms with E-state index in [9.17, 15) is 0 Å². The van der Waals surface area contributed by atoms with Crippen molar-refractivity contribution in [2.75, 3.05) is 0 Å². The molecule has 0 atom stereocenters. The molecule has 0 bridgehead atoms. The fourth-order valence-electron chi connectivity index (χ4n) is 1.49. The Morgan fingerprint density at radius 3 is 2.41 bits per heavy atom. The SMILES string of the molecule is Cc1ccccc1Oc1ccc(C=NO)cc1. The molecule has 86 valence electrons. The first-order valence-electron chi connectivity index (χ1n) is 5.30. The van der Waals surface area contributed by atoms with Crippen LogP contribution in [0.15, 0.2) is 53.7 Å². The Hall–Kier alpha value is -2.29. The van der Waals surface area contributed by atoms with Gasteiger partial charge in [-0.2, -0.15) is 0 Å². The van der Waals surface area contributed by atoms with Gasteiger partial charge in [-0.05, 0) is 48.4 Å². The number of ether oxygens (including phenoxy) is 1. The van der Waals surface area contributed by atoms with Crippen molar-refractivity contribution in [1.29, 1.82) is 0 Å². The second-order valence-corrected chi connectivity index (χ2v) is 3.68. The molecular formula is C14H13NO2. The second-order valence-electron chi connectivity index (χ2n) is 3.68. The minimum Gasteiger partial charge on any atom is -0.457 e. The fourth-order valence-corrected chi connectivity index (χ4v) is 1.49. The van der Waals surface area contributed by atoms with Crippen molar-refractivity contribution < 1.29 is 9.94 Å². The third-order valence-corrected chi connectivity index (χ3v) is 2.41. The molecule has 0 aliphatic heterocycles. The highest BCUT2D eigenvalue weighted by molar-refractivity contribution is 5.79. The Kier molecular flexibility index (Phi) is 3.40. The van der Waals surface area contributed by atoms with E-state index < -0.39 is 0 Å². The van der Waals surface area contributed by atoms with Crippen LogP contribution in [-0.2, 0) is 0 Å². The summed E-state index contributed by atoms with van der Waals surface area (Å²) < 4.78 is 5.74. The average Bonchev–Trinajstić information content (AvgIpc) is 2.35. The molecule has 0 fully saturated rings. The normalized spacial score (nSPS) is 10.6. The standard InChI is InChI=1S/C14H13NO2/c1-11-4-2-3-5-14(11)17-13-8-6-12(7-9-13)10-15-16/h2-10,16H,1H3. The van der Waals surface area contributed by atoms with E-state index in [1.165, 1.54) is 6.21 Å². The summed E-state index contributed by atoms with van der Waals surface area (Å²) in [5.41, 5.74) is 1.91. The zero-order chi connectivity index (χ0) is 12.1. The maximum atomic E-state index is 8.40. The van der Waals surface area contributed by atoms with Crippen molar-refractivity contribution >= 4 is 6.21 Å². The number of rotatable bonds is 3. The Morgan fingerprint density at radius 2 is 1.76 bits per heavy atom. The number of hydrogen-bond donors (Lipinski definition) is 1. The molecule has 1 N–H and O–H groups in total. The summed E-state index contributed by atoms with van der Waals surface area (Å²) in [5.74, 6) is 1.60. The molecule has 0 saturated heterocycles. The average molecular weight is 227 g/mol. The molecule has 0 heterocycles. The Labute approximate surface area is 100.0 Å². The van der Waals surface area contributed by atoms with Gasteiger partial charge in [0.15, 0.2) is 0 Å². The molecule has 3 nitrogen and oxygen atoms in total. The summed E-state index contributed by atoms with van der Waals surface area (Å²) in [5, 5.41) is 11.4. The molecule has 0 saturated carbocycles. The quantitative estimate of drug-likeness (QED) is 0.494. The summed E-state index contributed by atoms with van der Waals surface area (Å²) >= 11 is 0. The van der Waals surface area contributed by atoms with Crippen LogP contribution in [0.1, 0.15) is 11.1 Å². The number of benzene rings is 2. The van der Waals surface area contributed by atoms with E-state index >= 15 is 0 Å². The lowest BCUT2D eigenvalue weighted by molar-refractivity contribution is 0.322. The van der Waals surface area contributed by atoms with E-state index in [2.05, 4.69) is 5.16 Å². The molecular weight excluding hydrogens is 214 g/mol. The minimum atomic E-state index is 0.759. The van der Waals surface area contributed by atoms with Crippen LogP contribution in [0.25, 0.3) is 0 Å². The lowest BCUT2D eigenvalue weighted by Gasteiger charge is -2.08. The molecule has 0 amide bonds. The molecule has 0 radical (unpaired) electrons. The number of aryl methyl sites for hydroxylation is 1. The Bertz CT molecular complexity index is 518. The zero-order valence-corrected chi connectivity index (χ0v) is 9.50. The van der Waals surface area contributed by atoms with Gasteiger partial charge in [0, 0.05) is 0 Å². The third kappa shape index (κ3) is 2.84. The van der Waals surface area contributed by atoms with Crippen molar-refractivity contribution in [2.24, 2.45) is 5.16 Å². The third-order valence-electron chi connectivity index (χ3n) is 2.41. The van der Waals surface area contributed by atoms with E-state index in [1.807, 2.05) is 55.5 Å². The lowest BCUT2D eigenvalue weighted by Crippen LogP contribution is -1.87. The van der Waals surface area contributed by atoms with Gasteiger partial charge in [0.05, 0.1) is 6.21 Å². The first kappa shape index (κ1) is 11.2. The maximum Gasteiger partial charge on any atom is 0.130 e. The largest absolute Gasteiger partial charge is 0.457 e. The van der Waals surface area contributed by atoms with Gasteiger partial charge < -0.3 is 9.94 Å². The maximum absolute atomic E-state index is 8.40.